The van der Waals surface area contributed by atoms with Gasteiger partial charge in [-0.15, -0.1) is 0 Å². The van der Waals surface area contributed by atoms with E-state index in [2.05, 4.69) is 25.9 Å². The number of H-pyrrole nitrogens is 1. The molecule has 1 aromatic heterocycles. The second-order valence-electron chi connectivity index (χ2n) is 16.4. The quantitative estimate of drug-likeness (QED) is 0.166. The number of amides is 7. The number of rotatable bonds is 11. The van der Waals surface area contributed by atoms with Crippen LogP contribution in [0.1, 0.15) is 73.6 Å². The lowest BCUT2D eigenvalue weighted by atomic mass is 10.0. The zero-order chi connectivity index (χ0) is 43.2. The smallest absolute Gasteiger partial charge is 0.317 e. The molecule has 4 heterocycles. The van der Waals surface area contributed by atoms with Crippen LogP contribution in [0, 0.1) is 5.82 Å². The lowest BCUT2D eigenvalue weighted by Gasteiger charge is -2.35. The summed E-state index contributed by atoms with van der Waals surface area (Å²) in [7, 11) is 6.47. The van der Waals surface area contributed by atoms with Gasteiger partial charge in [-0.2, -0.15) is 0 Å². The maximum atomic E-state index is 15.8. The summed E-state index contributed by atoms with van der Waals surface area (Å²) in [6.07, 6.45) is 5.51. The number of imidazole rings is 1. The standard InChI is InChI=1S/C45H55FN10O5/c1-52(2)44(60)50-38(29-13-7-5-8-14-29)42(58)55-23-11-17-36(55)40-47-28-34(49-40)31-19-20-35(33(46)27-31)54-25-21-32(22-26-54)48-41(57)37-18-12-24-56(37)43(59)39(51-45(61)53(3)4)30-15-9-6-10-16-30/h5-10,13-16,19-20,27-28,32,36-39H,11-12,17-18,21-26H2,1-4H3,(H,47,49)(H,48,57)(H,50,60)(H,51,61)/t36-,37-,38+,39+/m0/s1. The molecule has 3 aliphatic rings. The Bertz CT molecular complexity index is 2190. The van der Waals surface area contributed by atoms with Crippen LogP contribution in [0.4, 0.5) is 19.7 Å². The fourth-order valence-corrected chi connectivity index (χ4v) is 8.47. The highest BCUT2D eigenvalue weighted by Crippen LogP contribution is 2.35. The average molecular weight is 835 g/mol. The number of urea groups is 2. The van der Waals surface area contributed by atoms with Crippen LogP contribution < -0.4 is 20.9 Å². The van der Waals surface area contributed by atoms with Crippen molar-refractivity contribution in [2.75, 3.05) is 59.3 Å². The van der Waals surface area contributed by atoms with Crippen molar-refractivity contribution < 1.29 is 28.4 Å². The number of hydrogen-bond donors (Lipinski definition) is 4. The molecule has 0 radical (unpaired) electrons. The van der Waals surface area contributed by atoms with Gasteiger partial charge in [-0.1, -0.05) is 66.7 Å². The Balaban J connectivity index is 0.957. The van der Waals surface area contributed by atoms with Crippen LogP contribution in [-0.4, -0.2) is 126 Å². The van der Waals surface area contributed by atoms with E-state index < -0.39 is 24.2 Å². The second kappa shape index (κ2) is 18.9. The molecule has 3 saturated heterocycles. The molecule has 7 rings (SSSR count). The fourth-order valence-electron chi connectivity index (χ4n) is 8.47. The first-order chi connectivity index (χ1) is 29.4. The zero-order valence-corrected chi connectivity index (χ0v) is 35.1. The molecule has 322 valence electrons. The maximum absolute atomic E-state index is 15.8. The molecular weight excluding hydrogens is 780 g/mol. The molecule has 3 aromatic carbocycles. The number of carbonyl (C=O) groups excluding carboxylic acids is 5. The molecule has 3 fully saturated rings. The summed E-state index contributed by atoms with van der Waals surface area (Å²) in [6, 6.07) is 19.6. The highest BCUT2D eigenvalue weighted by Gasteiger charge is 2.40. The number of hydrogen-bond acceptors (Lipinski definition) is 7. The number of aromatic amines is 1. The number of anilines is 1. The highest BCUT2D eigenvalue weighted by atomic mass is 19.1. The van der Waals surface area contributed by atoms with E-state index in [0.717, 1.165) is 6.42 Å². The SMILES string of the molecule is CN(C)C(=O)N[C@@H](C(=O)N1CCC[C@H]1C(=O)NC1CCN(c2ccc(-c3cnc([C@@H]4CCCN4C(=O)[C@H](NC(=O)N(C)C)c4ccccc4)[nH]3)cc2F)CC1)c1ccccc1. The topological polar surface area (TPSA) is 166 Å². The molecule has 61 heavy (non-hydrogen) atoms. The summed E-state index contributed by atoms with van der Waals surface area (Å²) >= 11 is 0. The number of benzene rings is 3. The number of carbonyl (C=O) groups is 5. The van der Waals surface area contributed by atoms with Crippen molar-refractivity contribution in [3.8, 4) is 11.3 Å². The summed E-state index contributed by atoms with van der Waals surface area (Å²) < 4.78 is 15.8. The van der Waals surface area contributed by atoms with Crippen molar-refractivity contribution in [2.24, 2.45) is 0 Å². The summed E-state index contributed by atoms with van der Waals surface area (Å²) in [5.74, 6) is -0.561. The Labute approximate surface area is 355 Å². The van der Waals surface area contributed by atoms with E-state index in [9.17, 15) is 24.0 Å². The van der Waals surface area contributed by atoms with Crippen LogP contribution in [0.5, 0.6) is 0 Å². The number of likely N-dealkylation sites (tertiary alicyclic amines) is 2. The Kier molecular flexibility index (Phi) is 13.2. The molecule has 0 spiro atoms. The molecule has 4 atom stereocenters. The Morgan fingerprint density at radius 2 is 1.28 bits per heavy atom. The number of nitrogens with zero attached hydrogens (tertiary/aromatic N) is 6. The first-order valence-electron chi connectivity index (χ1n) is 21.0. The maximum Gasteiger partial charge on any atom is 0.317 e. The minimum absolute atomic E-state index is 0.139. The van der Waals surface area contributed by atoms with Crippen LogP contribution in [0.3, 0.4) is 0 Å². The van der Waals surface area contributed by atoms with E-state index in [1.165, 1.54) is 15.9 Å². The normalized spacial score (nSPS) is 18.9. The predicted molar refractivity (Wildman–Crippen MR) is 229 cm³/mol. The summed E-state index contributed by atoms with van der Waals surface area (Å²) in [5.41, 5.74) is 3.03. The number of aromatic nitrogens is 2. The zero-order valence-electron chi connectivity index (χ0n) is 35.1. The van der Waals surface area contributed by atoms with Crippen LogP contribution in [0.15, 0.2) is 85.1 Å². The van der Waals surface area contributed by atoms with E-state index >= 15 is 4.39 Å². The van der Waals surface area contributed by atoms with Crippen molar-refractivity contribution in [1.29, 1.82) is 0 Å². The highest BCUT2D eigenvalue weighted by molar-refractivity contribution is 5.93. The van der Waals surface area contributed by atoms with Crippen LogP contribution >= 0.6 is 0 Å². The first-order valence-corrected chi connectivity index (χ1v) is 21.0. The molecule has 7 amide bonds. The number of piperidine rings is 1. The van der Waals surface area contributed by atoms with Crippen LogP contribution in [0.2, 0.25) is 0 Å². The summed E-state index contributed by atoms with van der Waals surface area (Å²) in [5, 5.41) is 8.85. The molecule has 3 aliphatic heterocycles. The van der Waals surface area contributed by atoms with Gasteiger partial charge in [0.2, 0.25) is 11.8 Å². The third-order valence-corrected chi connectivity index (χ3v) is 11.8. The number of nitrogens with one attached hydrogen (secondary N) is 4. The third kappa shape index (κ3) is 9.63. The molecule has 4 aromatic rings. The van der Waals surface area contributed by atoms with Crippen molar-refractivity contribution in [2.45, 2.75) is 68.7 Å². The Morgan fingerprint density at radius 3 is 1.85 bits per heavy atom. The van der Waals surface area contributed by atoms with Crippen molar-refractivity contribution in [3.63, 3.8) is 0 Å². The molecule has 4 N–H and O–H groups in total. The van der Waals surface area contributed by atoms with Crippen molar-refractivity contribution >= 4 is 35.5 Å². The lowest BCUT2D eigenvalue weighted by molar-refractivity contribution is -0.140. The number of halogens is 1. The largest absolute Gasteiger partial charge is 0.369 e. The molecular formula is C45H55FN10O5. The van der Waals surface area contributed by atoms with Gasteiger partial charge in [-0.05, 0) is 61.8 Å². The molecule has 16 heteroatoms. The van der Waals surface area contributed by atoms with Gasteiger partial charge in [0.05, 0.1) is 23.6 Å². The van der Waals surface area contributed by atoms with Crippen molar-refractivity contribution in [1.82, 2.24) is 45.5 Å². The summed E-state index contributed by atoms with van der Waals surface area (Å²) in [4.78, 5) is 83.0. The van der Waals surface area contributed by atoms with Gasteiger partial charge in [0.25, 0.3) is 5.91 Å². The van der Waals surface area contributed by atoms with Gasteiger partial charge in [0.1, 0.15) is 29.8 Å². The average Bonchev–Trinajstić information content (AvgIpc) is 4.07. The molecule has 0 saturated carbocycles. The molecule has 0 unspecified atom stereocenters. The van der Waals surface area contributed by atoms with Gasteiger partial charge >= 0.3 is 12.1 Å². The van der Waals surface area contributed by atoms with Crippen molar-refractivity contribution in [3.05, 3.63) is 108 Å². The van der Waals surface area contributed by atoms with Gasteiger partial charge in [-0.25, -0.2) is 19.0 Å². The summed E-state index contributed by atoms with van der Waals surface area (Å²) in [6.45, 7) is 1.98. The van der Waals surface area contributed by atoms with Gasteiger partial charge in [0.15, 0.2) is 0 Å². The molecule has 0 bridgehead atoms. The molecule has 0 aliphatic carbocycles. The van der Waals surface area contributed by atoms with Crippen LogP contribution in [-0.2, 0) is 14.4 Å². The van der Waals surface area contributed by atoms with Crippen LogP contribution in [0.25, 0.3) is 11.3 Å². The third-order valence-electron chi connectivity index (χ3n) is 11.8. The minimum Gasteiger partial charge on any atom is -0.369 e. The van der Waals surface area contributed by atoms with E-state index in [1.54, 1.807) is 62.4 Å². The monoisotopic (exact) mass is 834 g/mol. The van der Waals surface area contributed by atoms with Gasteiger partial charge < -0.3 is 45.4 Å². The van der Waals surface area contributed by atoms with E-state index in [0.29, 0.717) is 92.2 Å². The fraction of sp³-hybridized carbons (Fsp3) is 0.422. The predicted octanol–water partition coefficient (Wildman–Crippen LogP) is 4.98. The first kappa shape index (κ1) is 42.7. The second-order valence-corrected chi connectivity index (χ2v) is 16.4. The van der Waals surface area contributed by atoms with E-state index in [1.807, 2.05) is 59.5 Å². The van der Waals surface area contributed by atoms with E-state index in [4.69, 9.17) is 0 Å². The molecule has 15 nitrogen and oxygen atoms in total. The van der Waals surface area contributed by atoms with Gasteiger partial charge in [-0.3, -0.25) is 14.4 Å². The minimum atomic E-state index is -0.930. The van der Waals surface area contributed by atoms with E-state index in [-0.39, 0.29) is 41.7 Å². The Hall–Kier alpha value is -6.45. The lowest BCUT2D eigenvalue weighted by Crippen LogP contribution is -2.53. The van der Waals surface area contributed by atoms with Gasteiger partial charge in [0, 0.05) is 66.0 Å². The Morgan fingerprint density at radius 1 is 0.721 bits per heavy atom.